The normalized spacial score (nSPS) is 27.0. The molecule has 0 bridgehead atoms. The molecule has 9 aromatic carbocycles. The summed E-state index contributed by atoms with van der Waals surface area (Å²) < 4.78 is 19.6. The lowest BCUT2D eigenvalue weighted by atomic mass is 9.52. The maximum Gasteiger partial charge on any atom is 0.315 e. The smallest absolute Gasteiger partial charge is 0.315 e. The maximum atomic E-state index is 15.5. The molecule has 0 heterocycles. The number of hydrogen-bond acceptors (Lipinski definition) is 9. The van der Waals surface area contributed by atoms with Crippen LogP contribution in [-0.4, -0.2) is 63.3 Å². The Morgan fingerprint density at radius 3 is 1.16 bits per heavy atom. The van der Waals surface area contributed by atoms with Crippen molar-refractivity contribution >= 4 is 35.8 Å². The fourth-order valence-electron chi connectivity index (χ4n) is 17.6. The fraction of sp³-hybridized carbons (Fsp3) is 0.279. The Bertz CT molecular complexity index is 4420. The molecule has 0 amide bonds. The van der Waals surface area contributed by atoms with Crippen LogP contribution in [0, 0.1) is 47.9 Å². The third kappa shape index (κ3) is 12.5. The Labute approximate surface area is 570 Å². The third-order valence-corrected chi connectivity index (χ3v) is 22.1. The summed E-state index contributed by atoms with van der Waals surface area (Å²) in [7, 11) is 0. The van der Waals surface area contributed by atoms with E-state index in [4.69, 9.17) is 20.6 Å². The van der Waals surface area contributed by atoms with Gasteiger partial charge in [0.1, 0.15) is 18.0 Å². The summed E-state index contributed by atoms with van der Waals surface area (Å²) in [6.45, 7) is 0. The van der Waals surface area contributed by atoms with E-state index in [1.807, 2.05) is 200 Å². The van der Waals surface area contributed by atoms with Crippen LogP contribution in [-0.2, 0) is 38.2 Å². The Kier molecular flexibility index (Phi) is 18.6. The highest BCUT2D eigenvalue weighted by atomic mass is 16.6. The number of aliphatic carboxylic acids is 3. The lowest BCUT2D eigenvalue weighted by molar-refractivity contribution is -0.171. The summed E-state index contributed by atoms with van der Waals surface area (Å²) in [6.07, 6.45) is 10.9. The van der Waals surface area contributed by atoms with Crippen molar-refractivity contribution in [3.63, 3.8) is 0 Å². The summed E-state index contributed by atoms with van der Waals surface area (Å²) in [4.78, 5) is 85.2. The highest BCUT2D eigenvalue weighted by Crippen LogP contribution is 2.62. The van der Waals surface area contributed by atoms with Gasteiger partial charge in [-0.25, -0.2) is 0 Å². The standard InChI is InChI=1S/C86H76O12/c1-2-51-25-21-40-62(47-51)96-84(93)79-71(54-30-11-5-12-31-54)76(82(89)90)73(79)60-38-23-35-57(49-60)56-34-22-37-59(48-56)64-42-17-19-45-67(64)97-86(95)80-72(55-32-13-6-14-33-55)77(83(91)92)74(80)61-39-24-36-58(50-61)63-41-15-16-43-65(63)66-44-18-20-46-68(66)98-85(94)78-69(52-26-7-3-8-27-52)75(81(87)88)70(78)53-28-9-4-10-29-53/h1,3-16,21-41,43,47-50,64,66-80H,17-20,42,44-46H2,(H,87,88)(H,89,90)(H,91,92)/t64?,66?,67-,68-,69-,70-,71-,72+,73-,74+,75?,76+,77-,78?,79+,80-/m0/s1. The molecular weight excluding hydrogens is 1220 g/mol. The Morgan fingerprint density at radius 1 is 0.337 bits per heavy atom. The fourth-order valence-corrected chi connectivity index (χ4v) is 17.6. The van der Waals surface area contributed by atoms with Crippen LogP contribution < -0.4 is 4.74 Å². The van der Waals surface area contributed by atoms with Gasteiger partial charge in [-0.05, 0) is 123 Å². The molecule has 0 radical (unpaired) electrons. The molecular formula is C86H76O12. The number of terminal acetylenes is 1. The lowest BCUT2D eigenvalue weighted by Gasteiger charge is -2.49. The quantitative estimate of drug-likeness (QED) is 0.0395. The first-order chi connectivity index (χ1) is 47.8. The van der Waals surface area contributed by atoms with Crippen molar-refractivity contribution in [1.82, 2.24) is 0 Å². The minimum absolute atomic E-state index is 0.199. The Balaban J connectivity index is 0.736. The number of rotatable bonds is 19. The average molecular weight is 1300 g/mol. The molecule has 14 atom stereocenters. The Morgan fingerprint density at radius 2 is 0.694 bits per heavy atom. The molecule has 5 aliphatic rings. The maximum absolute atomic E-state index is 15.5. The molecule has 5 saturated carbocycles. The van der Waals surface area contributed by atoms with E-state index in [0.29, 0.717) is 29.5 Å². The van der Waals surface area contributed by atoms with Gasteiger partial charge in [-0.3, -0.25) is 28.8 Å². The number of carbonyl (C=O) groups is 6. The first-order valence-corrected chi connectivity index (χ1v) is 34.3. The monoisotopic (exact) mass is 1300 g/mol. The summed E-state index contributed by atoms with van der Waals surface area (Å²) in [5, 5.41) is 32.9. The number of ether oxygens (including phenoxy) is 3. The Hall–Kier alpha value is -10.6. The second-order valence-corrected chi connectivity index (χ2v) is 27.3. The summed E-state index contributed by atoms with van der Waals surface area (Å²) >= 11 is 0. The van der Waals surface area contributed by atoms with Crippen molar-refractivity contribution in [2.45, 2.75) is 111 Å². The van der Waals surface area contributed by atoms with E-state index in [-0.39, 0.29) is 17.6 Å². The molecule has 14 rings (SSSR count). The van der Waals surface area contributed by atoms with Crippen molar-refractivity contribution in [1.29, 1.82) is 0 Å². The minimum Gasteiger partial charge on any atom is -0.481 e. The molecule has 98 heavy (non-hydrogen) atoms. The van der Waals surface area contributed by atoms with Crippen molar-refractivity contribution in [3.05, 3.63) is 293 Å². The van der Waals surface area contributed by atoms with Gasteiger partial charge >= 0.3 is 35.8 Å². The zero-order chi connectivity index (χ0) is 67.6. The van der Waals surface area contributed by atoms with E-state index in [2.05, 4.69) is 24.1 Å². The molecule has 2 unspecified atom stereocenters. The van der Waals surface area contributed by atoms with E-state index in [1.165, 1.54) is 0 Å². The van der Waals surface area contributed by atoms with Crippen molar-refractivity contribution < 1.29 is 58.3 Å². The number of carbonyl (C=O) groups excluding carboxylic acids is 3. The largest absolute Gasteiger partial charge is 0.481 e. The zero-order valence-electron chi connectivity index (χ0n) is 54.1. The van der Waals surface area contributed by atoms with Crippen LogP contribution in [0.5, 0.6) is 5.75 Å². The minimum atomic E-state index is -1.02. The van der Waals surface area contributed by atoms with Gasteiger partial charge in [0.25, 0.3) is 0 Å². The molecule has 0 saturated heterocycles. The SMILES string of the molecule is C#Cc1cccc(OC(=O)[C@@H]2[C@@H](c3ccccc3)[C@@H](C(=O)O)[C@@H]2c2cccc(-c3cccc(C4CCCC[C@@H]4OC(=O)[C@H]4[C@H](c5ccccc5)[C@H](C(=O)O)[C@H]4c4cccc(-c5ccccc5C5CCCC[C@@H]5OC(=O)C5[C@@H](c6ccccc6)C(C(=O)O)[C@@H]5c5ccccc5)c4)c3)c2)c1. The second kappa shape index (κ2) is 28.2. The van der Waals surface area contributed by atoms with Crippen LogP contribution in [0.4, 0.5) is 0 Å². The van der Waals surface area contributed by atoms with Crippen LogP contribution in [0.2, 0.25) is 0 Å². The van der Waals surface area contributed by atoms with Gasteiger partial charge in [0.2, 0.25) is 0 Å². The van der Waals surface area contributed by atoms with E-state index in [9.17, 15) is 39.3 Å². The summed E-state index contributed by atoms with van der Waals surface area (Å²) in [6, 6.07) is 76.0. The van der Waals surface area contributed by atoms with Gasteiger partial charge < -0.3 is 29.5 Å². The third-order valence-electron chi connectivity index (χ3n) is 22.1. The molecule has 492 valence electrons. The number of esters is 3. The molecule has 0 spiro atoms. The predicted molar refractivity (Wildman–Crippen MR) is 372 cm³/mol. The van der Waals surface area contributed by atoms with Crippen molar-refractivity contribution in [3.8, 4) is 40.3 Å². The topological polar surface area (TPSA) is 191 Å². The van der Waals surface area contributed by atoms with Crippen LogP contribution in [0.15, 0.2) is 243 Å². The molecule has 0 aromatic heterocycles. The highest BCUT2D eigenvalue weighted by Gasteiger charge is 2.62. The van der Waals surface area contributed by atoms with Gasteiger partial charge in [-0.1, -0.05) is 243 Å². The number of hydrogen-bond donors (Lipinski definition) is 3. The molecule has 5 fully saturated rings. The van der Waals surface area contributed by atoms with Gasteiger partial charge in [-0.15, -0.1) is 6.42 Å². The van der Waals surface area contributed by atoms with Gasteiger partial charge in [0.15, 0.2) is 0 Å². The summed E-state index contributed by atoms with van der Waals surface area (Å²) in [5.74, 6) is -11.1. The molecule has 12 nitrogen and oxygen atoms in total. The molecule has 3 N–H and O–H groups in total. The summed E-state index contributed by atoms with van der Waals surface area (Å²) in [5.41, 5.74) is 10.3. The van der Waals surface area contributed by atoms with Gasteiger partial charge in [0, 0.05) is 52.9 Å². The zero-order valence-corrected chi connectivity index (χ0v) is 54.1. The van der Waals surface area contributed by atoms with E-state index in [1.54, 1.807) is 24.3 Å². The number of carboxylic acids is 3. The van der Waals surface area contributed by atoms with Crippen molar-refractivity contribution in [2.24, 2.45) is 35.5 Å². The van der Waals surface area contributed by atoms with Gasteiger partial charge in [-0.2, -0.15) is 0 Å². The van der Waals surface area contributed by atoms with Crippen molar-refractivity contribution in [2.75, 3.05) is 0 Å². The van der Waals surface area contributed by atoms with E-state index >= 15 is 4.79 Å². The van der Waals surface area contributed by atoms with Gasteiger partial charge in [0.05, 0.1) is 35.5 Å². The van der Waals surface area contributed by atoms with E-state index in [0.717, 1.165) is 94.2 Å². The van der Waals surface area contributed by atoms with Crippen LogP contribution in [0.1, 0.15) is 149 Å². The van der Waals surface area contributed by atoms with Crippen LogP contribution in [0.3, 0.4) is 0 Å². The first kappa shape index (κ1) is 64.7. The van der Waals surface area contributed by atoms with Crippen LogP contribution in [0.25, 0.3) is 22.3 Å². The lowest BCUT2D eigenvalue weighted by Crippen LogP contribution is -2.52. The number of benzene rings is 9. The second-order valence-electron chi connectivity index (χ2n) is 27.3. The predicted octanol–water partition coefficient (Wildman–Crippen LogP) is 16.7. The van der Waals surface area contributed by atoms with Crippen LogP contribution >= 0.6 is 0 Å². The average Bonchev–Trinajstić information content (AvgIpc) is 0.748. The molecule has 0 aliphatic heterocycles. The number of carboxylic acid groups (broad SMARTS) is 3. The molecule has 12 heteroatoms. The van der Waals surface area contributed by atoms with E-state index < -0.39 is 119 Å². The first-order valence-electron chi connectivity index (χ1n) is 34.3. The molecule has 9 aromatic rings. The highest BCUT2D eigenvalue weighted by molar-refractivity contribution is 5.88. The molecule has 5 aliphatic carbocycles.